The molecule has 3 heteroatoms. The molecule has 1 unspecified atom stereocenters. The lowest BCUT2D eigenvalue weighted by molar-refractivity contribution is 0.320. The highest BCUT2D eigenvalue weighted by atomic mass is 28.3. The number of rotatable bonds is 5. The van der Waals surface area contributed by atoms with Crippen LogP contribution in [-0.4, -0.2) is 24.8 Å². The van der Waals surface area contributed by atoms with Gasteiger partial charge in [-0.15, -0.1) is 5.54 Å². The third kappa shape index (κ3) is 4.17. The minimum Gasteiger partial charge on any atom is -0.364 e. The van der Waals surface area contributed by atoms with E-state index in [1.165, 1.54) is 11.4 Å². The van der Waals surface area contributed by atoms with Crippen LogP contribution in [0.1, 0.15) is 80.0 Å². The van der Waals surface area contributed by atoms with Crippen molar-refractivity contribution in [2.75, 3.05) is 0 Å². The lowest BCUT2D eigenvalue weighted by Gasteiger charge is -2.38. The first-order valence-electron chi connectivity index (χ1n) is 10.2. The molecular weight excluding hydrogens is 332 g/mol. The monoisotopic (exact) mass is 370 g/mol. The fourth-order valence-electron chi connectivity index (χ4n) is 5.04. The van der Waals surface area contributed by atoms with E-state index in [9.17, 15) is 0 Å². The smallest absolute Gasteiger partial charge is 0.146 e. The zero-order valence-corrected chi connectivity index (χ0v) is 19.3. The van der Waals surface area contributed by atoms with E-state index in [-0.39, 0.29) is 5.41 Å². The number of aromatic amines is 1. The summed E-state index contributed by atoms with van der Waals surface area (Å²) in [5.74, 6) is 3.55. The second-order valence-corrected chi connectivity index (χ2v) is 15.4. The maximum atomic E-state index is 4.87. The van der Waals surface area contributed by atoms with Crippen molar-refractivity contribution in [1.82, 2.24) is 4.98 Å². The molecule has 1 aromatic rings. The number of hydrogen-bond acceptors (Lipinski definition) is 1. The molecule has 1 atom stereocenters. The number of aliphatic imine (C=N–C) groups is 1. The molecule has 0 aromatic carbocycles. The Hall–Kier alpha value is -1.27. The molecule has 144 valence electrons. The molecule has 0 fully saturated rings. The summed E-state index contributed by atoms with van der Waals surface area (Å²) < 4.78 is 0. The molecule has 1 N–H and O–H groups in total. The third-order valence-electron chi connectivity index (χ3n) is 6.44. The predicted octanol–water partition coefficient (Wildman–Crippen LogP) is 6.39. The maximum absolute atomic E-state index is 4.87. The van der Waals surface area contributed by atoms with Gasteiger partial charge in [0.15, 0.2) is 0 Å². The summed E-state index contributed by atoms with van der Waals surface area (Å²) in [6.07, 6.45) is 4.17. The molecule has 0 saturated carbocycles. The van der Waals surface area contributed by atoms with Crippen LogP contribution in [0.4, 0.5) is 0 Å². The van der Waals surface area contributed by atoms with E-state index in [0.717, 1.165) is 18.4 Å². The van der Waals surface area contributed by atoms with Crippen molar-refractivity contribution < 1.29 is 0 Å². The van der Waals surface area contributed by atoms with E-state index in [2.05, 4.69) is 91.0 Å². The van der Waals surface area contributed by atoms with Gasteiger partial charge in [0, 0.05) is 29.6 Å². The first-order valence-corrected chi connectivity index (χ1v) is 12.5. The quantitative estimate of drug-likeness (QED) is 0.460. The van der Waals surface area contributed by atoms with Crippen molar-refractivity contribution in [3.8, 4) is 11.5 Å². The summed E-state index contributed by atoms with van der Waals surface area (Å²) in [5, 5.41) is 0. The van der Waals surface area contributed by atoms with Crippen LogP contribution in [0.2, 0.25) is 16.6 Å². The van der Waals surface area contributed by atoms with E-state index in [0.29, 0.717) is 22.7 Å². The molecule has 0 bridgehead atoms. The minimum absolute atomic E-state index is 0.260. The van der Waals surface area contributed by atoms with Crippen molar-refractivity contribution in [3.63, 3.8) is 0 Å². The van der Waals surface area contributed by atoms with Gasteiger partial charge in [0.25, 0.3) is 0 Å². The first kappa shape index (κ1) is 21.0. The largest absolute Gasteiger partial charge is 0.364 e. The van der Waals surface area contributed by atoms with Gasteiger partial charge < -0.3 is 4.98 Å². The molecule has 2 nitrogen and oxygen atoms in total. The molecule has 26 heavy (non-hydrogen) atoms. The molecule has 0 radical (unpaired) electrons. The van der Waals surface area contributed by atoms with Crippen LogP contribution in [0, 0.1) is 16.9 Å². The number of nitrogens with one attached hydrogen (secondary N) is 1. The van der Waals surface area contributed by atoms with Gasteiger partial charge in [-0.1, -0.05) is 61.3 Å². The Labute approximate surface area is 162 Å². The first-order chi connectivity index (χ1) is 12.0. The lowest BCUT2D eigenvalue weighted by Crippen LogP contribution is -2.43. The standard InChI is InChI=1S/C23H38N2Si/c1-16(2)26(17(3)4,18(5)6)11-10-20-12-21(24-15-20)13-22-23(8,9)14-19(7)25-22/h12,15-18,22,24H,13-14H2,1-9H3. The average molecular weight is 371 g/mol. The molecule has 0 spiro atoms. The van der Waals surface area contributed by atoms with E-state index < -0.39 is 8.07 Å². The Morgan fingerprint density at radius 2 is 1.73 bits per heavy atom. The third-order valence-corrected chi connectivity index (χ3v) is 12.7. The SMILES string of the molecule is CC1=NC(Cc2cc(C#C[Si](C(C)C)(C(C)C)C(C)C)c[nH]2)C(C)(C)C1. The summed E-state index contributed by atoms with van der Waals surface area (Å²) in [6, 6.07) is 2.62. The van der Waals surface area contributed by atoms with Gasteiger partial charge in [-0.3, -0.25) is 4.99 Å². The zero-order chi connectivity index (χ0) is 19.7. The van der Waals surface area contributed by atoms with E-state index in [4.69, 9.17) is 4.99 Å². The van der Waals surface area contributed by atoms with Gasteiger partial charge in [0.2, 0.25) is 0 Å². The summed E-state index contributed by atoms with van der Waals surface area (Å²) in [7, 11) is -1.67. The van der Waals surface area contributed by atoms with Crippen molar-refractivity contribution in [1.29, 1.82) is 0 Å². The van der Waals surface area contributed by atoms with Gasteiger partial charge in [0.1, 0.15) is 8.07 Å². The van der Waals surface area contributed by atoms with Crippen LogP contribution in [0.5, 0.6) is 0 Å². The maximum Gasteiger partial charge on any atom is 0.146 e. The van der Waals surface area contributed by atoms with Crippen molar-refractivity contribution in [2.24, 2.45) is 10.4 Å². The number of nitrogens with zero attached hydrogens (tertiary/aromatic N) is 1. The van der Waals surface area contributed by atoms with Crippen LogP contribution < -0.4 is 0 Å². The van der Waals surface area contributed by atoms with E-state index in [1.54, 1.807) is 0 Å². The van der Waals surface area contributed by atoms with Crippen LogP contribution in [0.15, 0.2) is 17.3 Å². The molecule has 2 heterocycles. The number of H-pyrrole nitrogens is 1. The van der Waals surface area contributed by atoms with Crippen LogP contribution in [-0.2, 0) is 6.42 Å². The highest BCUT2D eigenvalue weighted by Crippen LogP contribution is 2.41. The molecule has 0 aliphatic carbocycles. The van der Waals surface area contributed by atoms with Crippen molar-refractivity contribution in [3.05, 3.63) is 23.5 Å². The van der Waals surface area contributed by atoms with Gasteiger partial charge in [-0.05, 0) is 41.4 Å². The van der Waals surface area contributed by atoms with E-state index >= 15 is 0 Å². The Balaban J connectivity index is 2.22. The van der Waals surface area contributed by atoms with Gasteiger partial charge in [-0.25, -0.2) is 0 Å². The van der Waals surface area contributed by atoms with Crippen molar-refractivity contribution >= 4 is 13.8 Å². The van der Waals surface area contributed by atoms with Gasteiger partial charge in [0.05, 0.1) is 6.04 Å². The molecular formula is C23H38N2Si. The molecule has 1 aliphatic rings. The highest BCUT2D eigenvalue weighted by Gasteiger charge is 2.41. The highest BCUT2D eigenvalue weighted by molar-refractivity contribution is 6.90. The number of aromatic nitrogens is 1. The second-order valence-electron chi connectivity index (χ2n) is 9.81. The summed E-state index contributed by atoms with van der Waals surface area (Å²) in [4.78, 5) is 8.32. The Bertz CT molecular complexity index is 688. The fourth-order valence-corrected chi connectivity index (χ4v) is 10.3. The fraction of sp³-hybridized carbons (Fsp3) is 0.696. The molecule has 0 amide bonds. The molecule has 1 aliphatic heterocycles. The Morgan fingerprint density at radius 1 is 1.15 bits per heavy atom. The summed E-state index contributed by atoms with van der Waals surface area (Å²) in [6.45, 7) is 21.0. The van der Waals surface area contributed by atoms with Gasteiger partial charge in [-0.2, -0.15) is 0 Å². The molecule has 2 rings (SSSR count). The minimum atomic E-state index is -1.67. The average Bonchev–Trinajstić information content (AvgIpc) is 3.02. The second kappa shape index (κ2) is 7.77. The predicted molar refractivity (Wildman–Crippen MR) is 118 cm³/mol. The normalized spacial score (nSPS) is 19.8. The summed E-state index contributed by atoms with van der Waals surface area (Å²) in [5.41, 5.74) is 9.77. The van der Waals surface area contributed by atoms with Crippen LogP contribution in [0.3, 0.4) is 0 Å². The Morgan fingerprint density at radius 3 is 2.19 bits per heavy atom. The summed E-state index contributed by atoms with van der Waals surface area (Å²) >= 11 is 0. The zero-order valence-electron chi connectivity index (χ0n) is 18.3. The molecule has 0 saturated heterocycles. The molecule has 1 aromatic heterocycles. The topological polar surface area (TPSA) is 28.1 Å². The van der Waals surface area contributed by atoms with Crippen molar-refractivity contribution in [2.45, 2.75) is 97.8 Å². The number of hydrogen-bond donors (Lipinski definition) is 1. The van der Waals surface area contributed by atoms with E-state index in [1.807, 2.05) is 0 Å². The van der Waals surface area contributed by atoms with Crippen LogP contribution in [0.25, 0.3) is 0 Å². The van der Waals surface area contributed by atoms with Gasteiger partial charge >= 0.3 is 0 Å². The van der Waals surface area contributed by atoms with Crippen LogP contribution >= 0.6 is 0 Å². The lowest BCUT2D eigenvalue weighted by atomic mass is 9.81. The Kier molecular flexibility index (Phi) is 6.28.